The van der Waals surface area contributed by atoms with E-state index in [1.807, 2.05) is 0 Å². The second-order valence-corrected chi connectivity index (χ2v) is 18.9. The van der Waals surface area contributed by atoms with Crippen molar-refractivity contribution in [2.75, 3.05) is 37.6 Å². The van der Waals surface area contributed by atoms with Gasteiger partial charge in [0.15, 0.2) is 37.7 Å². The summed E-state index contributed by atoms with van der Waals surface area (Å²) in [4.78, 5) is 9.19. The van der Waals surface area contributed by atoms with Crippen molar-refractivity contribution in [2.45, 2.75) is 19.6 Å². The van der Waals surface area contributed by atoms with Crippen LogP contribution in [-0.2, 0) is 67.3 Å². The molecule has 0 saturated heterocycles. The summed E-state index contributed by atoms with van der Waals surface area (Å²) >= 11 is 0.156. The number of rotatable bonds is 22. The van der Waals surface area contributed by atoms with Gasteiger partial charge >= 0.3 is 148 Å². The van der Waals surface area contributed by atoms with Gasteiger partial charge in [0.1, 0.15) is 32.9 Å². The van der Waals surface area contributed by atoms with E-state index in [1.54, 1.807) is 0 Å². The third-order valence-corrected chi connectivity index (χ3v) is 13.1. The summed E-state index contributed by atoms with van der Waals surface area (Å²) in [6, 6.07) is 6.90. The van der Waals surface area contributed by atoms with Gasteiger partial charge in [-0.25, -0.2) is 33.7 Å². The minimum Gasteiger partial charge on any atom is -0.744 e. The molecule has 0 amide bonds. The van der Waals surface area contributed by atoms with Crippen molar-refractivity contribution in [3.05, 3.63) is 54.1 Å². The van der Waals surface area contributed by atoms with Gasteiger partial charge in [-0.3, -0.25) is 18.4 Å². The number of aromatic hydroxyl groups is 1. The number of aromatic carboxylic acids is 1. The van der Waals surface area contributed by atoms with Crippen LogP contribution in [0.5, 0.6) is 11.5 Å². The van der Waals surface area contributed by atoms with Gasteiger partial charge in [-0.15, -0.1) is 24.8 Å². The van der Waals surface area contributed by atoms with Gasteiger partial charge in [0.2, 0.25) is 10.4 Å². The number of anilines is 1. The fraction of sp³-hybridized carbons (Fsp3) is 0.179. The molecule has 66 heavy (non-hydrogen) atoms. The Morgan fingerprint density at radius 3 is 1.83 bits per heavy atom. The van der Waals surface area contributed by atoms with Crippen LogP contribution in [0, 0.1) is 0 Å². The maximum Gasteiger partial charge on any atom is 1.00 e. The van der Waals surface area contributed by atoms with Crippen molar-refractivity contribution in [2.24, 2.45) is 20.5 Å². The molecule has 332 valence electrons. The molecule has 0 heterocycles. The van der Waals surface area contributed by atoms with Crippen molar-refractivity contribution in [3.8, 4) is 11.5 Å². The summed E-state index contributed by atoms with van der Waals surface area (Å²) in [5.41, 5.74) is 1.73. The van der Waals surface area contributed by atoms with Crippen LogP contribution in [0.2, 0.25) is 0 Å². The fourth-order valence-electron chi connectivity index (χ4n) is 4.82. The molecule has 0 unspecified atom stereocenters. The Labute approximate surface area is 493 Å². The monoisotopic (exact) mass is 1090 g/mol. The van der Waals surface area contributed by atoms with E-state index in [-0.39, 0.29) is 199 Å². The molecule has 38 heteroatoms. The average molecular weight is 1090 g/mol. The van der Waals surface area contributed by atoms with Crippen LogP contribution in [0.1, 0.15) is 10.4 Å². The topological polar surface area (TPSA) is 429 Å². The third-order valence-electron chi connectivity index (χ3n) is 7.43. The van der Waals surface area contributed by atoms with Crippen molar-refractivity contribution in [1.82, 2.24) is 0 Å². The number of ether oxygens (including phenoxy) is 1. The Bertz CT molecular complexity index is 2850. The molecule has 0 spiro atoms. The third kappa shape index (κ3) is 19.1. The summed E-state index contributed by atoms with van der Waals surface area (Å²) in [6.07, 6.45) is 0. The van der Waals surface area contributed by atoms with E-state index in [1.165, 1.54) is 13.2 Å². The summed E-state index contributed by atoms with van der Waals surface area (Å²) in [5.74, 6) is -4.78. The minimum absolute atomic E-state index is 0. The van der Waals surface area contributed by atoms with Gasteiger partial charge in [0.25, 0.3) is 0 Å². The van der Waals surface area contributed by atoms with Crippen LogP contribution in [-0.4, -0.2) is 85.7 Å². The number of azo groups is 2. The first kappa shape index (κ1) is 68.4. The molecule has 0 fully saturated rings. The fourth-order valence-corrected chi connectivity index (χ4v) is 8.89. The number of fused-ring (bicyclic) bond motifs is 1. The Hall–Kier alpha value is 0.310. The standard InChI is InChI=1S/C28H27N5O22S6.5Na/c1-49-20-5-3-16(58(39,40)8-6-50-57-55-53-38)13-19(20)31-32-25-21(56-54-52-37)10-14-11-22(60(43,44)45)26(24(29)23(14)27(25)34)33-30-18-12-15(2-4-17(18)28(35)36)59(41,42)9-7-51-61(46,47)48;;;;;/h2-5,10-13,34,37-38H,6-9,29H2,1H3,(H,35,36)(H,43,44,45)(H,46,47,48);;;;;/q;5*+1/p-5. The quantitative estimate of drug-likeness (QED) is 0.00849. The predicted octanol–water partition coefficient (Wildman–Crippen LogP) is -14.7. The van der Waals surface area contributed by atoms with Crippen molar-refractivity contribution < 1.29 is 248 Å². The molecule has 0 bridgehead atoms. The molecule has 3 N–H and O–H groups in total. The van der Waals surface area contributed by atoms with E-state index in [2.05, 4.69) is 43.4 Å². The van der Waals surface area contributed by atoms with E-state index < -0.39 is 120 Å². The number of nitrogens with zero attached hydrogens (tertiary/aromatic N) is 4. The average Bonchev–Trinajstić information content (AvgIpc) is 3.17. The molecular formula is C28H22N5Na5O22S6. The van der Waals surface area contributed by atoms with Crippen LogP contribution in [0.3, 0.4) is 0 Å². The van der Waals surface area contributed by atoms with E-state index in [0.29, 0.717) is 18.2 Å². The van der Waals surface area contributed by atoms with Crippen molar-refractivity contribution in [3.63, 3.8) is 0 Å². The Kier molecular flexibility index (Phi) is 31.5. The maximum atomic E-state index is 12.9. The second kappa shape index (κ2) is 30.4. The number of nitrogen functional groups attached to an aromatic ring is 1. The Morgan fingerprint density at radius 2 is 1.29 bits per heavy atom. The number of methoxy groups -OCH3 is 1. The maximum absolute atomic E-state index is 12.9. The minimum atomic E-state index is -5.59. The van der Waals surface area contributed by atoms with Gasteiger partial charge < -0.3 is 45.1 Å². The van der Waals surface area contributed by atoms with Crippen molar-refractivity contribution >= 4 is 110 Å². The predicted molar refractivity (Wildman–Crippen MR) is 194 cm³/mol. The van der Waals surface area contributed by atoms with Gasteiger partial charge in [0.05, 0.1) is 86.2 Å². The number of benzene rings is 4. The summed E-state index contributed by atoms with van der Waals surface area (Å²) < 4.78 is 143. The first-order valence-electron chi connectivity index (χ1n) is 15.4. The molecule has 4 aromatic carbocycles. The molecule has 0 aliphatic heterocycles. The number of carboxylic acid groups (broad SMARTS) is 1. The zero-order chi connectivity index (χ0) is 45.3. The SMILES string of the molecule is COc1ccc(S(=O)(=O)CCOSOO[O-])cc1N=Nc1c(SOO[O-])cc2cc(S(=O)(=O)[O-])c(N=Nc3cc(S(=O)(=O)CCOS(=O)(=O)[O-])ccc3C(=O)[O-])c(N)c2c1O.[Na+].[Na+].[Na+].[Na+].[Na+]. The largest absolute Gasteiger partial charge is 1.00 e. The first-order valence-corrected chi connectivity index (χ1v) is 22.9. The number of carbonyl (C=O) groups excluding carboxylic acids is 1. The molecular weight excluding hydrogens is 1070 g/mol. The Balaban J connectivity index is 0. The van der Waals surface area contributed by atoms with Gasteiger partial charge in [-0.2, -0.15) is 4.33 Å². The van der Waals surface area contributed by atoms with Gasteiger partial charge in [-0.05, 0) is 53.9 Å². The number of phenols is 1. The molecule has 0 aliphatic rings. The molecule has 0 atom stereocenters. The smallest absolute Gasteiger partial charge is 0.744 e. The number of carbonyl (C=O) groups is 1. The summed E-state index contributed by atoms with van der Waals surface area (Å²) in [5, 5.41) is 64.5. The van der Waals surface area contributed by atoms with E-state index in [9.17, 15) is 68.3 Å². The van der Waals surface area contributed by atoms with Crippen molar-refractivity contribution in [1.29, 1.82) is 0 Å². The van der Waals surface area contributed by atoms with Crippen LogP contribution >= 0.6 is 24.4 Å². The van der Waals surface area contributed by atoms with Gasteiger partial charge in [-0.1, -0.05) is 0 Å². The number of nitrogens with two attached hydrogens (primary N) is 1. The van der Waals surface area contributed by atoms with Gasteiger partial charge in [0, 0.05) is 5.56 Å². The molecule has 0 saturated carbocycles. The van der Waals surface area contributed by atoms with Crippen LogP contribution in [0.4, 0.5) is 28.4 Å². The molecule has 4 rings (SSSR count). The zero-order valence-corrected chi connectivity index (χ0v) is 49.7. The Morgan fingerprint density at radius 1 is 0.742 bits per heavy atom. The number of sulfone groups is 2. The van der Waals surface area contributed by atoms with E-state index in [4.69, 9.17) is 14.7 Å². The van der Waals surface area contributed by atoms with E-state index in [0.717, 1.165) is 24.3 Å². The normalized spacial score (nSPS) is 11.8. The van der Waals surface area contributed by atoms with Crippen LogP contribution < -0.4 is 174 Å². The van der Waals surface area contributed by atoms with Crippen LogP contribution in [0.15, 0.2) is 88.6 Å². The summed E-state index contributed by atoms with van der Waals surface area (Å²) in [7, 11) is -18.4. The molecule has 4 aromatic rings. The first-order chi connectivity index (χ1) is 28.5. The van der Waals surface area contributed by atoms with E-state index >= 15 is 0 Å². The number of phenolic OH excluding ortho intramolecular Hbond substituents is 1. The van der Waals surface area contributed by atoms with Crippen LogP contribution in [0.25, 0.3) is 10.8 Å². The molecule has 0 radical (unpaired) electrons. The molecule has 0 aromatic heterocycles. The zero-order valence-electron chi connectivity index (χ0n) is 34.8. The second-order valence-electron chi connectivity index (χ2n) is 11.1. The summed E-state index contributed by atoms with van der Waals surface area (Å²) in [6.45, 7) is -1.61. The number of hydrogen-bond donors (Lipinski definition) is 2. The number of carboxylic acids is 1. The number of hydrogen-bond acceptors (Lipinski definition) is 29. The molecule has 27 nitrogen and oxygen atoms in total. The molecule has 0 aliphatic carbocycles.